The van der Waals surface area contributed by atoms with Crippen LogP contribution in [0.25, 0.3) is 5.82 Å². The Labute approximate surface area is 234 Å². The molecule has 0 saturated heterocycles. The molecule has 1 saturated carbocycles. The number of imidazole rings is 1. The normalized spacial score (nSPS) is 14.5. The Morgan fingerprint density at radius 1 is 0.974 bits per heavy atom. The summed E-state index contributed by atoms with van der Waals surface area (Å²) in [5.74, 6) is 2.19. The highest BCUT2D eigenvalue weighted by Crippen LogP contribution is 2.28. The van der Waals surface area contributed by atoms with Gasteiger partial charge in [0.2, 0.25) is 11.9 Å². The average molecular weight is 544 g/mol. The number of aromatic nitrogens is 4. The van der Waals surface area contributed by atoms with E-state index in [1.54, 1.807) is 12.5 Å². The first-order valence-corrected chi connectivity index (χ1v) is 13.9. The molecule has 1 amide bonds. The van der Waals surface area contributed by atoms with Crippen molar-refractivity contribution < 1.29 is 4.79 Å². The Bertz CT molecular complexity index is 1320. The lowest BCUT2D eigenvalue weighted by atomic mass is 9.84. The van der Waals surface area contributed by atoms with Gasteiger partial charge in [0, 0.05) is 36.6 Å². The van der Waals surface area contributed by atoms with Gasteiger partial charge >= 0.3 is 0 Å². The van der Waals surface area contributed by atoms with Gasteiger partial charge < -0.3 is 16.0 Å². The van der Waals surface area contributed by atoms with Gasteiger partial charge in [0.15, 0.2) is 0 Å². The molecule has 8 nitrogen and oxygen atoms in total. The molecule has 0 bridgehead atoms. The minimum atomic E-state index is -0.423. The van der Waals surface area contributed by atoms with Gasteiger partial charge in [-0.15, -0.1) is 0 Å². The predicted molar refractivity (Wildman–Crippen MR) is 155 cm³/mol. The topological polar surface area (TPSA) is 96.8 Å². The maximum Gasteiger partial charge on any atom is 0.242 e. The van der Waals surface area contributed by atoms with Gasteiger partial charge in [-0.3, -0.25) is 9.36 Å². The fraction of sp³-hybridized carbons (Fsp3) is 0.333. The van der Waals surface area contributed by atoms with E-state index < -0.39 is 6.04 Å². The summed E-state index contributed by atoms with van der Waals surface area (Å²) in [5, 5.41) is 10.6. The van der Waals surface area contributed by atoms with Gasteiger partial charge in [-0.1, -0.05) is 86.2 Å². The Morgan fingerprint density at radius 3 is 2.49 bits per heavy atom. The van der Waals surface area contributed by atoms with E-state index in [0.29, 0.717) is 41.6 Å². The first-order chi connectivity index (χ1) is 19.1. The second kappa shape index (κ2) is 13.2. The Hall–Kier alpha value is -3.91. The van der Waals surface area contributed by atoms with Crippen molar-refractivity contribution in [1.82, 2.24) is 24.8 Å². The molecule has 9 heteroatoms. The second-order valence-electron chi connectivity index (χ2n) is 10.0. The molecule has 0 radical (unpaired) electrons. The van der Waals surface area contributed by atoms with E-state index in [4.69, 9.17) is 21.6 Å². The summed E-state index contributed by atoms with van der Waals surface area (Å²) >= 11 is 6.02. The fourth-order valence-corrected chi connectivity index (χ4v) is 5.10. The average Bonchev–Trinajstić information content (AvgIpc) is 3.52. The number of hydrogen-bond donors (Lipinski definition) is 3. The first-order valence-electron chi connectivity index (χ1n) is 13.6. The van der Waals surface area contributed by atoms with Crippen molar-refractivity contribution in [3.63, 3.8) is 0 Å². The zero-order valence-electron chi connectivity index (χ0n) is 21.9. The van der Waals surface area contributed by atoms with E-state index in [0.717, 1.165) is 30.4 Å². The molecule has 1 aliphatic rings. The van der Waals surface area contributed by atoms with Crippen molar-refractivity contribution in [2.75, 3.05) is 10.6 Å². The zero-order valence-corrected chi connectivity index (χ0v) is 22.6. The Balaban J connectivity index is 1.36. The van der Waals surface area contributed by atoms with Gasteiger partial charge in [-0.25, -0.2) is 4.98 Å². The van der Waals surface area contributed by atoms with Crippen LogP contribution in [0.2, 0.25) is 5.02 Å². The number of nitrogens with one attached hydrogen (secondary N) is 3. The summed E-state index contributed by atoms with van der Waals surface area (Å²) in [4.78, 5) is 27.1. The van der Waals surface area contributed by atoms with Crippen LogP contribution in [0.1, 0.15) is 49.7 Å². The number of hydrogen-bond acceptors (Lipinski definition) is 6. The maximum absolute atomic E-state index is 13.5. The number of carbonyl (C=O) groups is 1. The molecule has 39 heavy (non-hydrogen) atoms. The first kappa shape index (κ1) is 26.7. The monoisotopic (exact) mass is 543 g/mol. The van der Waals surface area contributed by atoms with Crippen molar-refractivity contribution in [2.45, 2.75) is 57.7 Å². The lowest BCUT2D eigenvalue weighted by molar-refractivity contribution is -0.122. The Kier molecular flexibility index (Phi) is 9.06. The standard InChI is InChI=1S/C30H34ClN7O/c31-25-13-11-24(12-14-25)19-33-29(39)26(17-22-7-3-1-4-8-22)35-27-18-28(38-16-15-32-21-38)37-30(36-27)34-20-23-9-5-2-6-10-23/h2,5-6,9-16,18,21-22,26H,1,3-4,7-8,17,19-20H2,(H,33,39)(H2,34,35,36,37)/t26-/m1/s1. The highest BCUT2D eigenvalue weighted by molar-refractivity contribution is 6.30. The molecule has 4 aromatic rings. The van der Waals surface area contributed by atoms with Gasteiger partial charge in [0.05, 0.1) is 0 Å². The molecule has 202 valence electrons. The lowest BCUT2D eigenvalue weighted by Gasteiger charge is -2.27. The smallest absolute Gasteiger partial charge is 0.242 e. The molecular weight excluding hydrogens is 510 g/mol. The zero-order chi connectivity index (χ0) is 26.9. The Morgan fingerprint density at radius 2 is 1.74 bits per heavy atom. The van der Waals surface area contributed by atoms with E-state index in [1.165, 1.54) is 19.3 Å². The SMILES string of the molecule is O=C(NCc1ccc(Cl)cc1)[C@@H](CC1CCCCC1)Nc1cc(-n2ccnc2)nc(NCc2ccccc2)n1. The van der Waals surface area contributed by atoms with Crippen LogP contribution >= 0.6 is 11.6 Å². The molecule has 0 unspecified atom stereocenters. The molecule has 0 spiro atoms. The highest BCUT2D eigenvalue weighted by atomic mass is 35.5. The van der Waals surface area contributed by atoms with Crippen LogP contribution in [-0.2, 0) is 17.9 Å². The summed E-state index contributed by atoms with van der Waals surface area (Å²) in [5.41, 5.74) is 2.13. The van der Waals surface area contributed by atoms with Crippen molar-refractivity contribution in [1.29, 1.82) is 0 Å². The van der Waals surface area contributed by atoms with Crippen molar-refractivity contribution in [2.24, 2.45) is 5.92 Å². The van der Waals surface area contributed by atoms with Gasteiger partial charge in [-0.2, -0.15) is 9.97 Å². The number of anilines is 2. The van der Waals surface area contributed by atoms with E-state index in [2.05, 4.69) is 33.1 Å². The maximum atomic E-state index is 13.5. The number of benzene rings is 2. The van der Waals surface area contributed by atoms with Crippen LogP contribution in [0.4, 0.5) is 11.8 Å². The number of amides is 1. The molecule has 2 aromatic heterocycles. The molecule has 1 atom stereocenters. The molecule has 3 N–H and O–H groups in total. The second-order valence-corrected chi connectivity index (χ2v) is 10.5. The van der Waals surface area contributed by atoms with Gasteiger partial charge in [0.1, 0.15) is 24.0 Å². The minimum absolute atomic E-state index is 0.0443. The predicted octanol–water partition coefficient (Wildman–Crippen LogP) is 6.00. The van der Waals surface area contributed by atoms with Crippen LogP contribution < -0.4 is 16.0 Å². The van der Waals surface area contributed by atoms with Crippen LogP contribution in [0, 0.1) is 5.92 Å². The van der Waals surface area contributed by atoms with Gasteiger partial charge in [-0.05, 0) is 35.6 Å². The summed E-state index contributed by atoms with van der Waals surface area (Å²) in [7, 11) is 0. The summed E-state index contributed by atoms with van der Waals surface area (Å²) in [6.45, 7) is 1.02. The van der Waals surface area contributed by atoms with E-state index >= 15 is 0 Å². The van der Waals surface area contributed by atoms with Crippen LogP contribution in [0.15, 0.2) is 79.4 Å². The molecule has 1 fully saturated rings. The lowest BCUT2D eigenvalue weighted by Crippen LogP contribution is -2.41. The molecule has 2 aromatic carbocycles. The van der Waals surface area contributed by atoms with Crippen molar-refractivity contribution >= 4 is 29.3 Å². The van der Waals surface area contributed by atoms with E-state index in [-0.39, 0.29) is 5.91 Å². The third kappa shape index (κ3) is 7.80. The van der Waals surface area contributed by atoms with Gasteiger partial charge in [0.25, 0.3) is 0 Å². The summed E-state index contributed by atoms with van der Waals surface area (Å²) in [6.07, 6.45) is 12.0. The minimum Gasteiger partial charge on any atom is -0.358 e. The van der Waals surface area contributed by atoms with E-state index in [1.807, 2.05) is 59.3 Å². The highest BCUT2D eigenvalue weighted by Gasteiger charge is 2.25. The fourth-order valence-electron chi connectivity index (χ4n) is 4.97. The number of nitrogens with zero attached hydrogens (tertiary/aromatic N) is 4. The third-order valence-electron chi connectivity index (χ3n) is 7.09. The van der Waals surface area contributed by atoms with Crippen LogP contribution in [0.5, 0.6) is 0 Å². The summed E-state index contributed by atoms with van der Waals surface area (Å²) < 4.78 is 1.83. The van der Waals surface area contributed by atoms with Crippen molar-refractivity contribution in [3.05, 3.63) is 95.5 Å². The quantitative estimate of drug-likeness (QED) is 0.215. The molecular formula is C30H34ClN7O. The van der Waals surface area contributed by atoms with Crippen LogP contribution in [0.3, 0.4) is 0 Å². The molecule has 0 aliphatic heterocycles. The third-order valence-corrected chi connectivity index (χ3v) is 7.34. The number of carbonyl (C=O) groups excluding carboxylic acids is 1. The van der Waals surface area contributed by atoms with Crippen molar-refractivity contribution in [3.8, 4) is 5.82 Å². The summed E-state index contributed by atoms with van der Waals surface area (Å²) in [6, 6.07) is 19.1. The number of rotatable bonds is 11. The number of halogens is 1. The molecule has 5 rings (SSSR count). The van der Waals surface area contributed by atoms with Crippen LogP contribution in [-0.4, -0.2) is 31.5 Å². The molecule has 1 aliphatic carbocycles. The molecule has 2 heterocycles. The largest absolute Gasteiger partial charge is 0.358 e. The van der Waals surface area contributed by atoms with E-state index in [9.17, 15) is 4.79 Å².